The minimum atomic E-state index is -2.42. The molecule has 2 saturated carbocycles. The fourth-order valence-corrected chi connectivity index (χ4v) is 10.3. The van der Waals surface area contributed by atoms with E-state index in [1.807, 2.05) is 0 Å². The molecule has 1 heterocycles. The molecule has 4 aliphatic rings. The van der Waals surface area contributed by atoms with Crippen LogP contribution < -0.4 is 5.32 Å². The Morgan fingerprint density at radius 2 is 1.48 bits per heavy atom. The average Bonchev–Trinajstić information content (AvgIpc) is 3.24. The van der Waals surface area contributed by atoms with Crippen molar-refractivity contribution in [2.45, 2.75) is 108 Å². The molecule has 0 spiro atoms. The highest BCUT2D eigenvalue weighted by atomic mass is 35.5. The Kier molecular flexibility index (Phi) is 12.2. The summed E-state index contributed by atoms with van der Waals surface area (Å²) in [5, 5.41) is 40.6. The largest absolute Gasteiger partial charge is 0.456 e. The van der Waals surface area contributed by atoms with Crippen molar-refractivity contribution >= 4 is 47.2 Å². The molecule has 11 atom stereocenters. The number of carbonyl (C=O) groups excluding carboxylic acids is 6. The van der Waals surface area contributed by atoms with Crippen molar-refractivity contribution < 1.29 is 67.8 Å². The van der Waals surface area contributed by atoms with Crippen molar-refractivity contribution in [1.29, 1.82) is 0 Å². The number of rotatable bonds is 10. The lowest BCUT2D eigenvalue weighted by atomic mass is 9.44. The Balaban J connectivity index is 1.39. The molecule has 1 aliphatic heterocycles. The summed E-state index contributed by atoms with van der Waals surface area (Å²) in [4.78, 5) is 83.6. The molecule has 16 heteroatoms. The van der Waals surface area contributed by atoms with Crippen LogP contribution >= 0.6 is 11.6 Å². The molecule has 3 aromatic rings. The second kappa shape index (κ2) is 16.9. The van der Waals surface area contributed by atoms with Crippen molar-refractivity contribution in [1.82, 2.24) is 5.32 Å². The number of hydrogen-bond acceptors (Lipinski definition) is 14. The van der Waals surface area contributed by atoms with E-state index in [0.717, 1.165) is 13.8 Å². The van der Waals surface area contributed by atoms with Gasteiger partial charge >= 0.3 is 23.9 Å². The van der Waals surface area contributed by atoms with Crippen LogP contribution in [0.2, 0.25) is 5.02 Å². The normalized spacial score (nSPS) is 31.6. The molecular weight excluding hydrogens is 838 g/mol. The molecule has 15 nitrogen and oxygen atoms in total. The zero-order valence-electron chi connectivity index (χ0n) is 35.5. The summed E-state index contributed by atoms with van der Waals surface area (Å²) in [6, 6.07) is 20.7. The van der Waals surface area contributed by atoms with Gasteiger partial charge in [-0.15, -0.1) is 0 Å². The fraction of sp³-hybridized carbons (Fsp3) is 0.447. The Labute approximate surface area is 368 Å². The predicted molar refractivity (Wildman–Crippen MR) is 223 cm³/mol. The first kappa shape index (κ1) is 45.6. The quantitative estimate of drug-likeness (QED) is 0.126. The molecular formula is C47H50ClNO14. The van der Waals surface area contributed by atoms with Crippen molar-refractivity contribution in [3.63, 3.8) is 0 Å². The summed E-state index contributed by atoms with van der Waals surface area (Å²) in [7, 11) is 0. The number of aliphatic hydroxyl groups excluding tert-OH is 2. The van der Waals surface area contributed by atoms with E-state index >= 15 is 4.79 Å². The number of amides is 1. The Bertz CT molecular complexity index is 2340. The minimum Gasteiger partial charge on any atom is -0.456 e. The maximum atomic E-state index is 15.5. The van der Waals surface area contributed by atoms with Gasteiger partial charge < -0.3 is 44.3 Å². The number of ether oxygens (including phenoxy) is 5. The van der Waals surface area contributed by atoms with Gasteiger partial charge in [-0.1, -0.05) is 74.0 Å². The monoisotopic (exact) mass is 887 g/mol. The van der Waals surface area contributed by atoms with E-state index in [4.69, 9.17) is 35.3 Å². The molecule has 1 saturated heterocycles. The fourth-order valence-electron chi connectivity index (χ4n) is 10.2. The second-order valence-electron chi connectivity index (χ2n) is 17.5. The second-order valence-corrected chi connectivity index (χ2v) is 17.9. The van der Waals surface area contributed by atoms with Crippen molar-refractivity contribution in [2.24, 2.45) is 16.7 Å². The summed E-state index contributed by atoms with van der Waals surface area (Å²) in [5.74, 6) is -6.99. The summed E-state index contributed by atoms with van der Waals surface area (Å²) >= 11 is 6.14. The maximum Gasteiger partial charge on any atom is 0.338 e. The highest BCUT2D eigenvalue weighted by Gasteiger charge is 2.78. The van der Waals surface area contributed by atoms with Crippen molar-refractivity contribution in [2.75, 3.05) is 6.61 Å². The molecule has 334 valence electrons. The van der Waals surface area contributed by atoms with E-state index in [1.54, 1.807) is 74.5 Å². The summed E-state index contributed by atoms with van der Waals surface area (Å²) in [6.45, 7) is 7.89. The number of esters is 4. The van der Waals surface area contributed by atoms with Gasteiger partial charge in [-0.2, -0.15) is 0 Å². The number of nitrogens with one attached hydrogen (secondary N) is 1. The van der Waals surface area contributed by atoms with Gasteiger partial charge in [-0.05, 0) is 67.0 Å². The van der Waals surface area contributed by atoms with Gasteiger partial charge in [0.2, 0.25) is 0 Å². The number of Topliss-reactive ketones (excluding diaryl/α,β-unsaturated/α-hetero) is 1. The lowest BCUT2D eigenvalue weighted by molar-refractivity contribution is -0.346. The molecule has 3 fully saturated rings. The van der Waals surface area contributed by atoms with Gasteiger partial charge in [-0.25, -0.2) is 9.59 Å². The average molecular weight is 888 g/mol. The molecule has 3 aromatic carbocycles. The van der Waals surface area contributed by atoms with Gasteiger partial charge in [0.25, 0.3) is 5.91 Å². The van der Waals surface area contributed by atoms with Crippen LogP contribution in [0.15, 0.2) is 96.1 Å². The van der Waals surface area contributed by atoms with Gasteiger partial charge in [0.1, 0.15) is 23.9 Å². The lowest BCUT2D eigenvalue weighted by Crippen LogP contribution is -2.82. The number of halogens is 1. The predicted octanol–water partition coefficient (Wildman–Crippen LogP) is 4.39. The number of carbonyl (C=O) groups is 6. The molecule has 0 aromatic heterocycles. The standard InChI is InChI=1S/C47H50ClNO14/c1-24-31(61-43(57)36(53)35(27-13-9-7-10-14-27)49-41(55)28-15-11-8-12-16-28)22-47(58)40(62-42(56)29-17-19-30(48)20-18-29)38-45(6,32(52)21-33-46(38,23-59-33)63-26(3)51)39(54)37(60-25(2)50)34(24)44(47,4)5/h7-20,31-33,35-38,40,52-53,58H,21-23H2,1-6H3,(H,49,55)/t31-,32-,33+,35-,36+,37+,38?,40-,45+,46-,47+/m0/s1. The van der Waals surface area contributed by atoms with E-state index in [0.29, 0.717) is 10.6 Å². The Morgan fingerprint density at radius 3 is 2.05 bits per heavy atom. The van der Waals surface area contributed by atoms with Gasteiger partial charge in [0.15, 0.2) is 23.6 Å². The molecule has 2 bridgehead atoms. The topological polar surface area (TPSA) is 221 Å². The molecule has 1 unspecified atom stereocenters. The highest BCUT2D eigenvalue weighted by Crippen LogP contribution is 2.64. The van der Waals surface area contributed by atoms with Crippen LogP contribution in [-0.2, 0) is 42.9 Å². The number of hydrogen-bond donors (Lipinski definition) is 4. The number of benzene rings is 3. The Hall–Kier alpha value is -5.45. The molecule has 63 heavy (non-hydrogen) atoms. The first-order chi connectivity index (χ1) is 29.7. The van der Waals surface area contributed by atoms with E-state index in [9.17, 15) is 39.3 Å². The van der Waals surface area contributed by atoms with Crippen molar-refractivity contribution in [3.8, 4) is 0 Å². The van der Waals surface area contributed by atoms with Crippen LogP contribution in [0, 0.1) is 16.7 Å². The molecule has 3 aliphatic carbocycles. The molecule has 4 N–H and O–H groups in total. The third-order valence-corrected chi connectivity index (χ3v) is 13.8. The van der Waals surface area contributed by atoms with Gasteiger partial charge in [0, 0.05) is 42.7 Å². The molecule has 0 radical (unpaired) electrons. The van der Waals surface area contributed by atoms with E-state index < -0.39 is 113 Å². The summed E-state index contributed by atoms with van der Waals surface area (Å²) in [5.41, 5.74) is -7.25. The zero-order chi connectivity index (χ0) is 45.8. The molecule has 7 rings (SSSR count). The highest BCUT2D eigenvalue weighted by molar-refractivity contribution is 6.30. The van der Waals surface area contributed by atoms with Crippen LogP contribution in [0.3, 0.4) is 0 Å². The zero-order valence-corrected chi connectivity index (χ0v) is 36.3. The first-order valence-electron chi connectivity index (χ1n) is 20.6. The van der Waals surface area contributed by atoms with Crippen LogP contribution in [-0.4, -0.2) is 105 Å². The van der Waals surface area contributed by atoms with Crippen LogP contribution in [0.1, 0.15) is 86.7 Å². The van der Waals surface area contributed by atoms with Gasteiger partial charge in [-0.3, -0.25) is 19.2 Å². The van der Waals surface area contributed by atoms with Crippen molar-refractivity contribution in [3.05, 3.63) is 118 Å². The van der Waals surface area contributed by atoms with Gasteiger partial charge in [0.05, 0.1) is 35.6 Å². The smallest absolute Gasteiger partial charge is 0.338 e. The van der Waals surface area contributed by atoms with E-state index in [2.05, 4.69) is 5.32 Å². The third kappa shape index (κ3) is 7.73. The van der Waals surface area contributed by atoms with Crippen LogP contribution in [0.5, 0.6) is 0 Å². The molecule has 1 amide bonds. The Morgan fingerprint density at radius 1 is 0.857 bits per heavy atom. The minimum absolute atomic E-state index is 0.00801. The maximum absolute atomic E-state index is 15.5. The van der Waals surface area contributed by atoms with Crippen LogP contribution in [0.25, 0.3) is 0 Å². The summed E-state index contributed by atoms with van der Waals surface area (Å²) in [6.07, 6.45) is -10.7. The van der Waals surface area contributed by atoms with E-state index in [-0.39, 0.29) is 35.3 Å². The third-order valence-electron chi connectivity index (χ3n) is 13.6. The first-order valence-corrected chi connectivity index (χ1v) is 21.0. The van der Waals surface area contributed by atoms with E-state index in [1.165, 1.54) is 38.1 Å². The number of fused-ring (bicyclic) bond motifs is 5. The SMILES string of the molecule is CC(=O)O[C@H]1C(=O)[C@@]2(C)C([C@H](OC(=O)c3ccc(Cl)cc3)[C@]3(O)C[C@H](OC(=O)[C@H](O)[C@@H](NC(=O)c4ccccc4)c4ccccc4)C(C)=C1C3(C)C)[C@]1(OC(C)=O)CO[C@@H]1C[C@@H]2O. The lowest BCUT2D eigenvalue weighted by Gasteiger charge is -2.67. The summed E-state index contributed by atoms with van der Waals surface area (Å²) < 4.78 is 30.3. The van der Waals surface area contributed by atoms with Crippen LogP contribution in [0.4, 0.5) is 0 Å². The number of aliphatic hydroxyl groups is 3. The number of ketones is 1.